The number of rotatable bonds is 3. The van der Waals surface area contributed by atoms with Crippen LogP contribution in [0.15, 0.2) is 16.7 Å². The van der Waals surface area contributed by atoms with Gasteiger partial charge in [-0.3, -0.25) is 4.79 Å². The Hall–Kier alpha value is -1.10. The number of halogens is 1. The van der Waals surface area contributed by atoms with Crippen molar-refractivity contribution >= 4 is 21.9 Å². The molecule has 0 bridgehead atoms. The van der Waals surface area contributed by atoms with Gasteiger partial charge in [0.05, 0.1) is 20.6 Å². The third-order valence-electron chi connectivity index (χ3n) is 1.68. The third kappa shape index (κ3) is 2.70. The van der Waals surface area contributed by atoms with Crippen LogP contribution in [-0.2, 0) is 16.0 Å². The van der Waals surface area contributed by atoms with Crippen molar-refractivity contribution in [1.82, 2.24) is 4.98 Å². The van der Waals surface area contributed by atoms with Gasteiger partial charge in [0.2, 0.25) is 5.88 Å². The van der Waals surface area contributed by atoms with Crippen LogP contribution in [0.5, 0.6) is 5.88 Å². The molecule has 0 fully saturated rings. The van der Waals surface area contributed by atoms with E-state index in [0.717, 1.165) is 10.0 Å². The lowest BCUT2D eigenvalue weighted by atomic mass is 10.2. The van der Waals surface area contributed by atoms with E-state index in [-0.39, 0.29) is 12.4 Å². The summed E-state index contributed by atoms with van der Waals surface area (Å²) in [6, 6.07) is 1.71. The lowest BCUT2D eigenvalue weighted by Crippen LogP contribution is -2.05. The summed E-state index contributed by atoms with van der Waals surface area (Å²) < 4.78 is 10.3. The van der Waals surface area contributed by atoms with E-state index in [1.807, 2.05) is 0 Å². The number of hydrogen-bond donors (Lipinski definition) is 0. The number of ether oxygens (including phenoxy) is 2. The van der Waals surface area contributed by atoms with E-state index in [2.05, 4.69) is 25.7 Å². The molecule has 1 aromatic rings. The summed E-state index contributed by atoms with van der Waals surface area (Å²) in [4.78, 5) is 15.0. The van der Waals surface area contributed by atoms with E-state index < -0.39 is 0 Å². The standard InChI is InChI=1S/C9H10BrNO3/c1-13-8-4-7(10)6(5-11-8)3-9(12)14-2/h4-5H,3H2,1-2H3. The molecule has 0 atom stereocenters. The Balaban J connectivity index is 2.83. The minimum atomic E-state index is -0.294. The quantitative estimate of drug-likeness (QED) is 0.774. The molecule has 0 saturated heterocycles. The van der Waals surface area contributed by atoms with Gasteiger partial charge < -0.3 is 9.47 Å². The first-order valence-electron chi connectivity index (χ1n) is 3.92. The van der Waals surface area contributed by atoms with E-state index in [4.69, 9.17) is 4.74 Å². The van der Waals surface area contributed by atoms with Crippen molar-refractivity contribution in [3.8, 4) is 5.88 Å². The summed E-state index contributed by atoms with van der Waals surface area (Å²) in [5.74, 6) is 0.211. The average Bonchev–Trinajstić information content (AvgIpc) is 2.20. The summed E-state index contributed by atoms with van der Waals surface area (Å²) >= 11 is 3.32. The van der Waals surface area contributed by atoms with Gasteiger partial charge in [0.25, 0.3) is 0 Å². The number of methoxy groups -OCH3 is 2. The molecule has 0 spiro atoms. The molecular weight excluding hydrogens is 250 g/mol. The van der Waals surface area contributed by atoms with Crippen molar-refractivity contribution in [2.45, 2.75) is 6.42 Å². The normalized spacial score (nSPS) is 9.64. The molecule has 0 aliphatic rings. The average molecular weight is 260 g/mol. The molecule has 0 aliphatic carbocycles. The second kappa shape index (κ2) is 4.95. The van der Waals surface area contributed by atoms with Crippen LogP contribution < -0.4 is 4.74 Å². The van der Waals surface area contributed by atoms with Gasteiger partial charge in [0.1, 0.15) is 0 Å². The van der Waals surface area contributed by atoms with Crippen LogP contribution in [0, 0.1) is 0 Å². The molecule has 0 aromatic carbocycles. The summed E-state index contributed by atoms with van der Waals surface area (Å²) in [5.41, 5.74) is 0.776. The Morgan fingerprint density at radius 3 is 2.79 bits per heavy atom. The number of hydrogen-bond acceptors (Lipinski definition) is 4. The molecule has 5 heteroatoms. The Morgan fingerprint density at radius 1 is 1.57 bits per heavy atom. The van der Waals surface area contributed by atoms with Gasteiger partial charge in [0.15, 0.2) is 0 Å². The van der Waals surface area contributed by atoms with E-state index in [1.165, 1.54) is 14.2 Å². The molecule has 14 heavy (non-hydrogen) atoms. The van der Waals surface area contributed by atoms with Gasteiger partial charge in [-0.1, -0.05) is 15.9 Å². The number of nitrogens with zero attached hydrogens (tertiary/aromatic N) is 1. The zero-order valence-electron chi connectivity index (χ0n) is 7.91. The molecule has 4 nitrogen and oxygen atoms in total. The van der Waals surface area contributed by atoms with Gasteiger partial charge in [-0.25, -0.2) is 4.98 Å². The Kier molecular flexibility index (Phi) is 3.88. The van der Waals surface area contributed by atoms with Crippen molar-refractivity contribution in [3.05, 3.63) is 22.3 Å². The maximum absolute atomic E-state index is 11.0. The maximum atomic E-state index is 11.0. The summed E-state index contributed by atoms with van der Waals surface area (Å²) in [7, 11) is 2.89. The van der Waals surface area contributed by atoms with Gasteiger partial charge in [-0.15, -0.1) is 0 Å². The van der Waals surface area contributed by atoms with Crippen LogP contribution in [0.2, 0.25) is 0 Å². The van der Waals surface area contributed by atoms with Crippen molar-refractivity contribution in [2.75, 3.05) is 14.2 Å². The van der Waals surface area contributed by atoms with Crippen LogP contribution in [0.3, 0.4) is 0 Å². The first kappa shape index (κ1) is 11.0. The van der Waals surface area contributed by atoms with Crippen LogP contribution in [-0.4, -0.2) is 25.2 Å². The SMILES string of the molecule is COC(=O)Cc1cnc(OC)cc1Br. The van der Waals surface area contributed by atoms with Crippen molar-refractivity contribution in [1.29, 1.82) is 0 Å². The molecule has 0 radical (unpaired) electrons. The molecule has 1 aromatic heterocycles. The molecular formula is C9H10BrNO3. The zero-order valence-corrected chi connectivity index (χ0v) is 9.50. The number of esters is 1. The van der Waals surface area contributed by atoms with Crippen LogP contribution in [0.1, 0.15) is 5.56 Å². The smallest absolute Gasteiger partial charge is 0.310 e. The Bertz CT molecular complexity index is 341. The fourth-order valence-electron chi connectivity index (χ4n) is 0.911. The highest BCUT2D eigenvalue weighted by Crippen LogP contribution is 2.20. The molecule has 1 heterocycles. The topological polar surface area (TPSA) is 48.4 Å². The number of aromatic nitrogens is 1. The fraction of sp³-hybridized carbons (Fsp3) is 0.333. The summed E-state index contributed by atoms with van der Waals surface area (Å²) in [5, 5.41) is 0. The molecule has 1 rings (SSSR count). The second-order valence-corrected chi connectivity index (χ2v) is 3.43. The highest BCUT2D eigenvalue weighted by atomic mass is 79.9. The lowest BCUT2D eigenvalue weighted by molar-refractivity contribution is -0.139. The largest absolute Gasteiger partial charge is 0.481 e. The van der Waals surface area contributed by atoms with Gasteiger partial charge in [0, 0.05) is 16.7 Å². The Morgan fingerprint density at radius 2 is 2.29 bits per heavy atom. The molecule has 0 N–H and O–H groups in total. The predicted molar refractivity (Wildman–Crippen MR) is 54.2 cm³/mol. The highest BCUT2D eigenvalue weighted by Gasteiger charge is 2.08. The van der Waals surface area contributed by atoms with E-state index in [1.54, 1.807) is 12.3 Å². The number of carbonyl (C=O) groups is 1. The zero-order chi connectivity index (χ0) is 10.6. The first-order chi connectivity index (χ1) is 6.67. The molecule has 0 unspecified atom stereocenters. The second-order valence-electron chi connectivity index (χ2n) is 2.57. The third-order valence-corrected chi connectivity index (χ3v) is 2.41. The minimum absolute atomic E-state index is 0.202. The molecule has 0 saturated carbocycles. The van der Waals surface area contributed by atoms with Crippen LogP contribution >= 0.6 is 15.9 Å². The van der Waals surface area contributed by atoms with Gasteiger partial charge >= 0.3 is 5.97 Å². The fourth-order valence-corrected chi connectivity index (χ4v) is 1.35. The summed E-state index contributed by atoms with van der Waals surface area (Å²) in [6.45, 7) is 0. The predicted octanol–water partition coefficient (Wildman–Crippen LogP) is 1.57. The van der Waals surface area contributed by atoms with E-state index in [0.29, 0.717) is 5.88 Å². The summed E-state index contributed by atoms with van der Waals surface area (Å²) in [6.07, 6.45) is 1.79. The molecule has 76 valence electrons. The van der Waals surface area contributed by atoms with E-state index >= 15 is 0 Å². The Labute approximate surface area is 90.4 Å². The van der Waals surface area contributed by atoms with Gasteiger partial charge in [-0.2, -0.15) is 0 Å². The highest BCUT2D eigenvalue weighted by molar-refractivity contribution is 9.10. The molecule has 0 aliphatic heterocycles. The van der Waals surface area contributed by atoms with Gasteiger partial charge in [-0.05, 0) is 5.56 Å². The molecule has 0 amide bonds. The van der Waals surface area contributed by atoms with Crippen LogP contribution in [0.4, 0.5) is 0 Å². The van der Waals surface area contributed by atoms with Crippen molar-refractivity contribution in [2.24, 2.45) is 0 Å². The number of pyridine rings is 1. The minimum Gasteiger partial charge on any atom is -0.481 e. The van der Waals surface area contributed by atoms with E-state index in [9.17, 15) is 4.79 Å². The van der Waals surface area contributed by atoms with Crippen LogP contribution in [0.25, 0.3) is 0 Å². The lowest BCUT2D eigenvalue weighted by Gasteiger charge is -2.04. The maximum Gasteiger partial charge on any atom is 0.310 e. The first-order valence-corrected chi connectivity index (χ1v) is 4.72. The monoisotopic (exact) mass is 259 g/mol. The number of carbonyl (C=O) groups excluding carboxylic acids is 1. The van der Waals surface area contributed by atoms with Crippen molar-refractivity contribution in [3.63, 3.8) is 0 Å². The van der Waals surface area contributed by atoms with Crippen molar-refractivity contribution < 1.29 is 14.3 Å².